The van der Waals surface area contributed by atoms with Crippen molar-refractivity contribution in [2.24, 2.45) is 0 Å². The number of unbranched alkanes of at least 4 members (excludes halogenated alkanes) is 1. The molecule has 0 N–H and O–H groups in total. The van der Waals surface area contributed by atoms with Crippen molar-refractivity contribution in [3.8, 4) is 22.6 Å². The molecule has 3 rings (SSSR count). The monoisotopic (exact) mass is 612 g/mol. The van der Waals surface area contributed by atoms with Crippen LogP contribution in [-0.4, -0.2) is 51.4 Å². The van der Waals surface area contributed by atoms with E-state index in [-0.39, 0.29) is 24.6 Å². The van der Waals surface area contributed by atoms with Crippen LogP contribution in [-0.2, 0) is 28.6 Å². The van der Waals surface area contributed by atoms with Gasteiger partial charge in [-0.05, 0) is 66.3 Å². The first-order chi connectivity index (χ1) is 21.7. The van der Waals surface area contributed by atoms with Crippen LogP contribution in [0.15, 0.2) is 97.1 Å². The molecule has 0 aliphatic rings. The van der Waals surface area contributed by atoms with Gasteiger partial charge in [0, 0.05) is 17.6 Å². The van der Waals surface area contributed by atoms with Crippen LogP contribution in [0.1, 0.15) is 43.7 Å². The molecule has 0 heterocycles. The summed E-state index contributed by atoms with van der Waals surface area (Å²) in [6.45, 7) is 10.2. The fourth-order valence-electron chi connectivity index (χ4n) is 3.91. The Labute approximate surface area is 264 Å². The van der Waals surface area contributed by atoms with E-state index >= 15 is 0 Å². The average molecular weight is 613 g/mol. The topological polar surface area (TPSA) is 97.4 Å². The van der Waals surface area contributed by atoms with Crippen molar-refractivity contribution in [1.29, 1.82) is 0 Å². The highest BCUT2D eigenvalue weighted by Crippen LogP contribution is 2.24. The number of hydrogen-bond acceptors (Lipinski definition) is 8. The zero-order chi connectivity index (χ0) is 32.4. The lowest BCUT2D eigenvalue weighted by Gasteiger charge is -2.08. The van der Waals surface area contributed by atoms with Crippen LogP contribution >= 0.6 is 0 Å². The highest BCUT2D eigenvalue weighted by Gasteiger charge is 2.13. The minimum Gasteiger partial charge on any atom is -0.494 e. The normalized spacial score (nSPS) is 10.6. The van der Waals surface area contributed by atoms with E-state index in [0.29, 0.717) is 44.7 Å². The summed E-state index contributed by atoms with van der Waals surface area (Å²) in [5.74, 6) is 0.0318. The molecule has 0 unspecified atom stereocenters. The highest BCUT2D eigenvalue weighted by atomic mass is 16.5. The fraction of sp³-hybridized carbons (Fsp3) is 0.270. The van der Waals surface area contributed by atoms with Crippen LogP contribution < -0.4 is 9.47 Å². The molecule has 3 aromatic rings. The van der Waals surface area contributed by atoms with E-state index in [9.17, 15) is 14.4 Å². The molecule has 8 heteroatoms. The molecule has 236 valence electrons. The second-order valence-corrected chi connectivity index (χ2v) is 10.2. The molecule has 8 nitrogen and oxygen atoms in total. The minimum absolute atomic E-state index is 0.0766. The van der Waals surface area contributed by atoms with Gasteiger partial charge in [-0.25, -0.2) is 9.59 Å². The Morgan fingerprint density at radius 1 is 0.622 bits per heavy atom. The predicted octanol–water partition coefficient (Wildman–Crippen LogP) is 7.23. The van der Waals surface area contributed by atoms with Gasteiger partial charge in [0.15, 0.2) is 0 Å². The van der Waals surface area contributed by atoms with Gasteiger partial charge in [-0.15, -0.1) is 0 Å². The molecule has 0 aromatic heterocycles. The van der Waals surface area contributed by atoms with Crippen LogP contribution in [0.25, 0.3) is 23.3 Å². The van der Waals surface area contributed by atoms with E-state index in [2.05, 4.69) is 48.2 Å². The van der Waals surface area contributed by atoms with E-state index in [1.54, 1.807) is 6.92 Å². The average Bonchev–Trinajstić information content (AvgIpc) is 3.05. The van der Waals surface area contributed by atoms with Crippen molar-refractivity contribution in [1.82, 2.24) is 0 Å². The summed E-state index contributed by atoms with van der Waals surface area (Å²) in [4.78, 5) is 34.4. The second kappa shape index (κ2) is 18.5. The molecule has 45 heavy (non-hydrogen) atoms. The van der Waals surface area contributed by atoms with Gasteiger partial charge in [0.25, 0.3) is 0 Å². The lowest BCUT2D eigenvalue weighted by Crippen LogP contribution is -2.13. The molecular formula is C37H40O8. The molecule has 0 fully saturated rings. The summed E-state index contributed by atoms with van der Waals surface area (Å²) in [6.07, 6.45) is 5.88. The van der Waals surface area contributed by atoms with Crippen molar-refractivity contribution < 1.29 is 38.1 Å². The molecular weight excluding hydrogens is 572 g/mol. The third-order valence-corrected chi connectivity index (χ3v) is 6.50. The van der Waals surface area contributed by atoms with Gasteiger partial charge in [0.05, 0.1) is 40.0 Å². The largest absolute Gasteiger partial charge is 0.494 e. The molecule has 3 aromatic carbocycles. The number of methoxy groups -OCH3 is 1. The maximum atomic E-state index is 11.8. The van der Waals surface area contributed by atoms with Crippen LogP contribution in [0, 0.1) is 0 Å². The molecule has 0 radical (unpaired) electrons. The van der Waals surface area contributed by atoms with Crippen LogP contribution in [0.4, 0.5) is 0 Å². The smallest absolute Gasteiger partial charge is 0.333 e. The maximum absolute atomic E-state index is 11.8. The van der Waals surface area contributed by atoms with Gasteiger partial charge < -0.3 is 23.7 Å². The Bertz CT molecular complexity index is 1450. The number of rotatable bonds is 18. The van der Waals surface area contributed by atoms with Crippen molar-refractivity contribution in [3.63, 3.8) is 0 Å². The molecule has 0 amide bonds. The lowest BCUT2D eigenvalue weighted by atomic mass is 10.0. The number of hydrogen-bond donors (Lipinski definition) is 0. The first-order valence-electron chi connectivity index (χ1n) is 14.7. The minimum atomic E-state index is -0.590. The Hall–Kier alpha value is -5.11. The summed E-state index contributed by atoms with van der Waals surface area (Å²) < 4.78 is 26.2. The first-order valence-corrected chi connectivity index (χ1v) is 14.7. The van der Waals surface area contributed by atoms with Crippen molar-refractivity contribution in [2.75, 3.05) is 33.5 Å². The summed E-state index contributed by atoms with van der Waals surface area (Å²) in [7, 11) is 1.26. The van der Waals surface area contributed by atoms with E-state index in [0.717, 1.165) is 33.8 Å². The zero-order valence-electron chi connectivity index (χ0n) is 25.9. The summed E-state index contributed by atoms with van der Waals surface area (Å²) in [6, 6.07) is 24.1. The molecule has 0 saturated carbocycles. The Morgan fingerprint density at radius 2 is 1.07 bits per heavy atom. The molecule has 0 saturated heterocycles. The Morgan fingerprint density at radius 3 is 1.62 bits per heavy atom. The number of carbonyl (C=O) groups excluding carboxylic acids is 3. The second-order valence-electron chi connectivity index (χ2n) is 10.2. The zero-order valence-corrected chi connectivity index (χ0v) is 25.9. The van der Waals surface area contributed by atoms with Crippen molar-refractivity contribution in [3.05, 3.63) is 108 Å². The number of esters is 3. The van der Waals surface area contributed by atoms with Gasteiger partial charge in [0.1, 0.15) is 11.5 Å². The van der Waals surface area contributed by atoms with Gasteiger partial charge in [-0.1, -0.05) is 73.8 Å². The van der Waals surface area contributed by atoms with Crippen LogP contribution in [0.2, 0.25) is 0 Å². The number of carbonyl (C=O) groups is 3. The lowest BCUT2D eigenvalue weighted by molar-refractivity contribution is -0.144. The standard InChI is InChI=1S/C37H40O8/c1-27(2)36(39)44-25-7-24-43-34-20-16-32(17-21-34)31-14-10-29(11-15-31)8-9-30-12-18-33(19-13-30)42-22-5-6-23-45-37(40)28(3)26-35(38)41-4/h8-21H,1,3,5-7,22-26H2,2,4H3/b9-8+. The van der Waals surface area contributed by atoms with Crippen LogP contribution in [0.5, 0.6) is 11.5 Å². The third kappa shape index (κ3) is 12.6. The molecule has 0 bridgehead atoms. The fourth-order valence-corrected chi connectivity index (χ4v) is 3.91. The predicted molar refractivity (Wildman–Crippen MR) is 175 cm³/mol. The Balaban J connectivity index is 1.35. The molecule has 0 aliphatic heterocycles. The third-order valence-electron chi connectivity index (χ3n) is 6.50. The Kier molecular flexibility index (Phi) is 14.2. The summed E-state index contributed by atoms with van der Waals surface area (Å²) in [5.41, 5.74) is 4.80. The van der Waals surface area contributed by atoms with Gasteiger partial charge in [0.2, 0.25) is 0 Å². The quantitative estimate of drug-likeness (QED) is 0.0488. The van der Waals surface area contributed by atoms with E-state index < -0.39 is 11.9 Å². The van der Waals surface area contributed by atoms with E-state index in [1.165, 1.54) is 7.11 Å². The van der Waals surface area contributed by atoms with Crippen molar-refractivity contribution >= 4 is 30.1 Å². The number of ether oxygens (including phenoxy) is 5. The maximum Gasteiger partial charge on any atom is 0.333 e. The summed E-state index contributed by atoms with van der Waals surface area (Å²) in [5, 5.41) is 0. The molecule has 0 spiro atoms. The van der Waals surface area contributed by atoms with Crippen molar-refractivity contribution in [2.45, 2.75) is 32.6 Å². The SMILES string of the molecule is C=C(C)C(=O)OCCCOc1ccc(-c2ccc(/C=C/c3ccc(OCCCCOC(=O)C(=C)CC(=O)OC)cc3)cc2)cc1. The molecule has 0 aliphatic carbocycles. The van der Waals surface area contributed by atoms with E-state index in [1.807, 2.05) is 54.6 Å². The van der Waals surface area contributed by atoms with E-state index in [4.69, 9.17) is 18.9 Å². The highest BCUT2D eigenvalue weighted by molar-refractivity contribution is 5.93. The van der Waals surface area contributed by atoms with Gasteiger partial charge in [-0.3, -0.25) is 4.79 Å². The first kappa shape index (κ1) is 34.4. The van der Waals surface area contributed by atoms with Crippen LogP contribution in [0.3, 0.4) is 0 Å². The molecule has 0 atom stereocenters. The van der Waals surface area contributed by atoms with Gasteiger partial charge >= 0.3 is 17.9 Å². The van der Waals surface area contributed by atoms with Gasteiger partial charge in [-0.2, -0.15) is 0 Å². The number of benzene rings is 3. The summed E-state index contributed by atoms with van der Waals surface area (Å²) >= 11 is 0.